The minimum absolute atomic E-state index is 0.163. The van der Waals surface area contributed by atoms with Gasteiger partial charge in [0.25, 0.3) is 5.91 Å². The number of hydrogen-bond donors (Lipinski definition) is 1. The van der Waals surface area contributed by atoms with Gasteiger partial charge in [0, 0.05) is 28.6 Å². The number of ether oxygens (including phenoxy) is 1. The average Bonchev–Trinajstić information content (AvgIpc) is 3.20. The number of aldehydes is 1. The molecule has 5 nitrogen and oxygen atoms in total. The normalized spacial score (nSPS) is 11.1. The van der Waals surface area contributed by atoms with Gasteiger partial charge in [-0.3, -0.25) is 9.59 Å². The fraction of sp³-hybridized carbons (Fsp3) is 0.185. The fourth-order valence-corrected chi connectivity index (χ4v) is 3.69. The van der Waals surface area contributed by atoms with Crippen LogP contribution in [0.4, 0.5) is 4.39 Å². The molecule has 0 fully saturated rings. The molecule has 1 heterocycles. The van der Waals surface area contributed by atoms with Crippen LogP contribution in [0.3, 0.4) is 0 Å². The largest absolute Gasteiger partial charge is 0.496 e. The van der Waals surface area contributed by atoms with Gasteiger partial charge in [-0.2, -0.15) is 0 Å². The van der Waals surface area contributed by atoms with E-state index in [2.05, 4.69) is 5.32 Å². The van der Waals surface area contributed by atoms with Crippen LogP contribution in [0.2, 0.25) is 0 Å². The highest BCUT2D eigenvalue weighted by Gasteiger charge is 2.18. The summed E-state index contributed by atoms with van der Waals surface area (Å²) in [6, 6.07) is 16.5. The predicted molar refractivity (Wildman–Crippen MR) is 126 cm³/mol. The van der Waals surface area contributed by atoms with Crippen molar-refractivity contribution >= 4 is 23.2 Å². The number of nitrogens with one attached hydrogen (secondary N) is 1. The van der Waals surface area contributed by atoms with E-state index in [1.807, 2.05) is 26.0 Å². The maximum Gasteiger partial charge on any atom is 0.251 e. The molecule has 4 aromatic rings. The summed E-state index contributed by atoms with van der Waals surface area (Å²) in [5.74, 6) is 0.793. The highest BCUT2D eigenvalue weighted by molar-refractivity contribution is 6.04. The van der Waals surface area contributed by atoms with Crippen LogP contribution in [-0.4, -0.2) is 25.8 Å². The third kappa shape index (κ3) is 4.51. The summed E-state index contributed by atoms with van der Waals surface area (Å²) in [6.07, 6.45) is 0.737. The van der Waals surface area contributed by atoms with Crippen LogP contribution in [0.5, 0.6) is 5.75 Å². The molecule has 0 atom stereocenters. The Morgan fingerprint density at radius 1 is 1.06 bits per heavy atom. The van der Waals surface area contributed by atoms with E-state index in [0.717, 1.165) is 17.4 Å². The van der Waals surface area contributed by atoms with E-state index in [4.69, 9.17) is 9.15 Å². The molecule has 1 amide bonds. The van der Waals surface area contributed by atoms with Gasteiger partial charge in [-0.25, -0.2) is 4.39 Å². The molecule has 3 aromatic carbocycles. The minimum atomic E-state index is -0.366. The van der Waals surface area contributed by atoms with Gasteiger partial charge < -0.3 is 14.5 Å². The third-order valence-corrected chi connectivity index (χ3v) is 5.39. The number of carbonyl (C=O) groups excluding carboxylic acids is 2. The zero-order chi connectivity index (χ0) is 23.5. The lowest BCUT2D eigenvalue weighted by molar-refractivity contribution is 0.0948. The Balaban J connectivity index is 1.80. The molecule has 0 saturated carbocycles. The molecular formula is C27H24FNO4. The maximum absolute atomic E-state index is 13.3. The van der Waals surface area contributed by atoms with E-state index in [9.17, 15) is 14.0 Å². The lowest BCUT2D eigenvalue weighted by Crippen LogP contribution is -2.27. The van der Waals surface area contributed by atoms with Gasteiger partial charge in [0.15, 0.2) is 6.29 Å². The van der Waals surface area contributed by atoms with Crippen molar-refractivity contribution in [3.8, 4) is 28.2 Å². The van der Waals surface area contributed by atoms with Crippen molar-refractivity contribution in [2.75, 3.05) is 13.7 Å². The lowest BCUT2D eigenvalue weighted by Gasteiger charge is -2.12. The molecule has 4 rings (SSSR count). The molecule has 33 heavy (non-hydrogen) atoms. The number of methoxy groups -OCH3 is 1. The smallest absolute Gasteiger partial charge is 0.251 e. The van der Waals surface area contributed by atoms with Crippen LogP contribution in [0.15, 0.2) is 65.1 Å². The van der Waals surface area contributed by atoms with Gasteiger partial charge in [-0.1, -0.05) is 19.9 Å². The molecule has 0 saturated heterocycles. The van der Waals surface area contributed by atoms with Crippen LogP contribution >= 0.6 is 0 Å². The summed E-state index contributed by atoms with van der Waals surface area (Å²) in [7, 11) is 1.57. The second kappa shape index (κ2) is 9.28. The van der Waals surface area contributed by atoms with E-state index in [1.54, 1.807) is 43.5 Å². The second-order valence-corrected chi connectivity index (χ2v) is 8.20. The maximum atomic E-state index is 13.3. The zero-order valence-electron chi connectivity index (χ0n) is 18.6. The first kappa shape index (κ1) is 22.3. The number of carbonyl (C=O) groups is 2. The molecule has 0 aliphatic carbocycles. The van der Waals surface area contributed by atoms with Gasteiger partial charge in [0.1, 0.15) is 22.9 Å². The first-order valence-corrected chi connectivity index (χ1v) is 10.7. The van der Waals surface area contributed by atoms with E-state index in [0.29, 0.717) is 51.6 Å². The number of furan rings is 1. The molecule has 1 N–H and O–H groups in total. The Kier molecular flexibility index (Phi) is 6.27. The van der Waals surface area contributed by atoms with Gasteiger partial charge in [-0.15, -0.1) is 0 Å². The zero-order valence-corrected chi connectivity index (χ0v) is 18.6. The van der Waals surface area contributed by atoms with Crippen LogP contribution in [-0.2, 0) is 0 Å². The van der Waals surface area contributed by atoms with E-state index < -0.39 is 0 Å². The molecule has 0 bridgehead atoms. The molecule has 0 aliphatic heterocycles. The first-order valence-electron chi connectivity index (χ1n) is 10.7. The van der Waals surface area contributed by atoms with Crippen LogP contribution in [0.1, 0.15) is 34.6 Å². The minimum Gasteiger partial charge on any atom is -0.496 e. The summed E-state index contributed by atoms with van der Waals surface area (Å²) < 4.78 is 24.8. The standard InChI is InChI=1S/C27H24FNO4/c1-16(2)14-29-27(31)19-7-10-24(32-3)21(13-19)18-6-11-25-22(12-18)23(15-30)26(33-25)17-4-8-20(28)9-5-17/h4-13,15-16H,14H2,1-3H3,(H,29,31). The van der Waals surface area contributed by atoms with E-state index in [-0.39, 0.29) is 11.7 Å². The van der Waals surface area contributed by atoms with Crippen molar-refractivity contribution in [1.82, 2.24) is 5.32 Å². The average molecular weight is 445 g/mol. The lowest BCUT2D eigenvalue weighted by atomic mass is 9.98. The van der Waals surface area contributed by atoms with Gasteiger partial charge in [0.05, 0.1) is 12.7 Å². The van der Waals surface area contributed by atoms with Crippen molar-refractivity contribution in [2.45, 2.75) is 13.8 Å². The van der Waals surface area contributed by atoms with Crippen molar-refractivity contribution in [2.24, 2.45) is 5.92 Å². The summed E-state index contributed by atoms with van der Waals surface area (Å²) >= 11 is 0. The van der Waals surface area contributed by atoms with E-state index >= 15 is 0 Å². The summed E-state index contributed by atoms with van der Waals surface area (Å²) in [4.78, 5) is 24.6. The molecule has 0 radical (unpaired) electrons. The van der Waals surface area contributed by atoms with Crippen molar-refractivity contribution < 1.29 is 23.1 Å². The quantitative estimate of drug-likeness (QED) is 0.348. The van der Waals surface area contributed by atoms with Crippen molar-refractivity contribution in [3.63, 3.8) is 0 Å². The molecule has 6 heteroatoms. The predicted octanol–water partition coefficient (Wildman–Crippen LogP) is 6.11. The SMILES string of the molecule is COc1ccc(C(=O)NCC(C)C)cc1-c1ccc2oc(-c3ccc(F)cc3)c(C=O)c2c1. The van der Waals surface area contributed by atoms with E-state index in [1.165, 1.54) is 12.1 Å². The Hall–Kier alpha value is -3.93. The fourth-order valence-electron chi connectivity index (χ4n) is 3.69. The molecule has 1 aromatic heterocycles. The van der Waals surface area contributed by atoms with Gasteiger partial charge >= 0.3 is 0 Å². The number of halogens is 1. The highest BCUT2D eigenvalue weighted by Crippen LogP contribution is 2.37. The Morgan fingerprint density at radius 3 is 2.45 bits per heavy atom. The second-order valence-electron chi connectivity index (χ2n) is 8.20. The van der Waals surface area contributed by atoms with Crippen molar-refractivity contribution in [3.05, 3.63) is 77.6 Å². The molecular weight excluding hydrogens is 421 g/mol. The number of hydrogen-bond acceptors (Lipinski definition) is 4. The molecule has 0 spiro atoms. The molecule has 0 aliphatic rings. The number of benzene rings is 3. The van der Waals surface area contributed by atoms with Crippen molar-refractivity contribution in [1.29, 1.82) is 0 Å². The summed E-state index contributed by atoms with van der Waals surface area (Å²) in [5, 5.41) is 3.54. The molecule has 0 unspecified atom stereocenters. The van der Waals surface area contributed by atoms with Crippen LogP contribution in [0, 0.1) is 11.7 Å². The Morgan fingerprint density at radius 2 is 1.79 bits per heavy atom. The first-order chi connectivity index (χ1) is 15.9. The van der Waals surface area contributed by atoms with Crippen LogP contribution < -0.4 is 10.1 Å². The Labute approximate surface area is 191 Å². The summed E-state index contributed by atoms with van der Waals surface area (Å²) in [5.41, 5.74) is 3.53. The monoisotopic (exact) mass is 445 g/mol. The third-order valence-electron chi connectivity index (χ3n) is 5.39. The molecule has 168 valence electrons. The van der Waals surface area contributed by atoms with Gasteiger partial charge in [0.2, 0.25) is 0 Å². The Bertz CT molecular complexity index is 1320. The topological polar surface area (TPSA) is 68.5 Å². The van der Waals surface area contributed by atoms with Crippen LogP contribution in [0.25, 0.3) is 33.4 Å². The summed E-state index contributed by atoms with van der Waals surface area (Å²) in [6.45, 7) is 4.64. The number of fused-ring (bicyclic) bond motifs is 1. The number of rotatable bonds is 7. The van der Waals surface area contributed by atoms with Gasteiger partial charge in [-0.05, 0) is 66.1 Å². The number of amides is 1. The highest BCUT2D eigenvalue weighted by atomic mass is 19.1.